The molecule has 0 amide bonds. The summed E-state index contributed by atoms with van der Waals surface area (Å²) in [6.45, 7) is 4.50. The zero-order valence-electron chi connectivity index (χ0n) is 15.2. The van der Waals surface area contributed by atoms with E-state index in [1.807, 2.05) is 73.1 Å². The average molecular weight is 349 g/mol. The number of guanidine groups is 1. The minimum atomic E-state index is 0.351. The Labute approximate surface area is 153 Å². The lowest BCUT2D eigenvalue weighted by Gasteiger charge is -2.08. The molecule has 3 N–H and O–H groups in total. The predicted molar refractivity (Wildman–Crippen MR) is 105 cm³/mol. The SMILES string of the molecule is COc1cccc(NC(N)=NCc2c(C)nn(-c3ccccc3)c2C)c1. The second kappa shape index (κ2) is 7.74. The molecule has 134 valence electrons. The van der Waals surface area contributed by atoms with Crippen molar-refractivity contribution in [3.8, 4) is 11.4 Å². The molecule has 2 aromatic carbocycles. The van der Waals surface area contributed by atoms with Gasteiger partial charge in [-0.2, -0.15) is 5.10 Å². The Hall–Kier alpha value is -3.28. The summed E-state index contributed by atoms with van der Waals surface area (Å²) >= 11 is 0. The van der Waals surface area contributed by atoms with Crippen LogP contribution in [0.5, 0.6) is 5.75 Å². The van der Waals surface area contributed by atoms with E-state index in [2.05, 4.69) is 15.4 Å². The molecule has 0 radical (unpaired) electrons. The summed E-state index contributed by atoms with van der Waals surface area (Å²) < 4.78 is 7.15. The molecule has 26 heavy (non-hydrogen) atoms. The van der Waals surface area contributed by atoms with Gasteiger partial charge in [-0.25, -0.2) is 9.67 Å². The number of ether oxygens (including phenoxy) is 1. The molecule has 3 aromatic rings. The van der Waals surface area contributed by atoms with E-state index in [1.165, 1.54) is 0 Å². The summed E-state index contributed by atoms with van der Waals surface area (Å²) in [5.41, 5.74) is 11.0. The van der Waals surface area contributed by atoms with Crippen LogP contribution in [0.3, 0.4) is 0 Å². The summed E-state index contributed by atoms with van der Waals surface area (Å²) in [4.78, 5) is 4.46. The van der Waals surface area contributed by atoms with E-state index >= 15 is 0 Å². The van der Waals surface area contributed by atoms with Gasteiger partial charge in [0.25, 0.3) is 0 Å². The van der Waals surface area contributed by atoms with Crippen LogP contribution in [0, 0.1) is 13.8 Å². The number of hydrogen-bond acceptors (Lipinski definition) is 3. The van der Waals surface area contributed by atoms with E-state index in [1.54, 1.807) is 7.11 Å². The van der Waals surface area contributed by atoms with Crippen molar-refractivity contribution in [2.75, 3.05) is 12.4 Å². The molecule has 0 saturated carbocycles. The van der Waals surface area contributed by atoms with Gasteiger partial charge in [0.1, 0.15) is 5.75 Å². The number of aliphatic imine (C=N–C) groups is 1. The predicted octanol–water partition coefficient (Wildman–Crippen LogP) is 3.42. The quantitative estimate of drug-likeness (QED) is 0.546. The average Bonchev–Trinajstić information content (AvgIpc) is 2.95. The van der Waals surface area contributed by atoms with E-state index in [0.717, 1.165) is 34.1 Å². The molecule has 0 saturated heterocycles. The maximum Gasteiger partial charge on any atom is 0.193 e. The van der Waals surface area contributed by atoms with Crippen molar-refractivity contribution in [1.29, 1.82) is 0 Å². The first-order valence-electron chi connectivity index (χ1n) is 8.40. The molecule has 0 aliphatic heterocycles. The van der Waals surface area contributed by atoms with Crippen LogP contribution in [-0.4, -0.2) is 22.8 Å². The Bertz CT molecular complexity index is 915. The summed E-state index contributed by atoms with van der Waals surface area (Å²) in [6, 6.07) is 17.6. The van der Waals surface area contributed by atoms with Gasteiger partial charge in [0.15, 0.2) is 5.96 Å². The van der Waals surface area contributed by atoms with Crippen LogP contribution < -0.4 is 15.8 Å². The number of methoxy groups -OCH3 is 1. The highest BCUT2D eigenvalue weighted by atomic mass is 16.5. The topological polar surface area (TPSA) is 77.5 Å². The Balaban J connectivity index is 1.76. The number of aromatic nitrogens is 2. The van der Waals surface area contributed by atoms with Crippen LogP contribution in [0.4, 0.5) is 5.69 Å². The highest BCUT2D eigenvalue weighted by Gasteiger charge is 2.12. The first kappa shape index (κ1) is 17.5. The minimum Gasteiger partial charge on any atom is -0.497 e. The number of benzene rings is 2. The largest absolute Gasteiger partial charge is 0.497 e. The molecule has 1 aromatic heterocycles. The van der Waals surface area contributed by atoms with Gasteiger partial charge in [0.2, 0.25) is 0 Å². The summed E-state index contributed by atoms with van der Waals surface area (Å²) in [5.74, 6) is 1.11. The van der Waals surface area contributed by atoms with Crippen molar-refractivity contribution < 1.29 is 4.74 Å². The van der Waals surface area contributed by atoms with Crippen LogP contribution in [-0.2, 0) is 6.54 Å². The molecule has 0 aliphatic carbocycles. The number of nitrogens with zero attached hydrogens (tertiary/aromatic N) is 3. The number of hydrogen-bond donors (Lipinski definition) is 2. The third kappa shape index (κ3) is 3.85. The van der Waals surface area contributed by atoms with Gasteiger partial charge in [-0.15, -0.1) is 0 Å². The lowest BCUT2D eigenvalue weighted by atomic mass is 10.2. The molecule has 0 fully saturated rings. The molecular formula is C20H23N5O. The van der Waals surface area contributed by atoms with Crippen molar-refractivity contribution in [2.45, 2.75) is 20.4 Å². The number of rotatable bonds is 5. The number of anilines is 1. The van der Waals surface area contributed by atoms with Crippen LogP contribution in [0.2, 0.25) is 0 Å². The molecule has 0 unspecified atom stereocenters. The lowest BCUT2D eigenvalue weighted by Crippen LogP contribution is -2.22. The van der Waals surface area contributed by atoms with Crippen LogP contribution in [0.15, 0.2) is 59.6 Å². The first-order valence-corrected chi connectivity index (χ1v) is 8.40. The minimum absolute atomic E-state index is 0.351. The van der Waals surface area contributed by atoms with Crippen molar-refractivity contribution in [3.05, 3.63) is 71.5 Å². The van der Waals surface area contributed by atoms with Gasteiger partial charge in [-0.05, 0) is 38.1 Å². The van der Waals surface area contributed by atoms with E-state index < -0.39 is 0 Å². The highest BCUT2D eigenvalue weighted by molar-refractivity contribution is 5.92. The molecule has 3 rings (SSSR count). The van der Waals surface area contributed by atoms with Gasteiger partial charge in [0.05, 0.1) is 25.0 Å². The molecule has 6 heteroatoms. The monoisotopic (exact) mass is 349 g/mol. The Kier molecular flexibility index (Phi) is 5.22. The maximum atomic E-state index is 6.03. The zero-order valence-corrected chi connectivity index (χ0v) is 15.2. The molecule has 0 spiro atoms. The third-order valence-electron chi connectivity index (χ3n) is 4.19. The van der Waals surface area contributed by atoms with Gasteiger partial charge < -0.3 is 15.8 Å². The molecule has 0 atom stereocenters. The fraction of sp³-hybridized carbons (Fsp3) is 0.200. The van der Waals surface area contributed by atoms with E-state index in [-0.39, 0.29) is 0 Å². The molecule has 1 heterocycles. The van der Waals surface area contributed by atoms with Gasteiger partial charge in [-0.3, -0.25) is 0 Å². The maximum absolute atomic E-state index is 6.03. The first-order chi connectivity index (χ1) is 12.6. The molecule has 0 aliphatic rings. The van der Waals surface area contributed by atoms with E-state index in [9.17, 15) is 0 Å². The Morgan fingerprint density at radius 2 is 1.92 bits per heavy atom. The van der Waals surface area contributed by atoms with Crippen LogP contribution in [0.1, 0.15) is 17.0 Å². The number of nitrogens with one attached hydrogen (secondary N) is 1. The second-order valence-electron chi connectivity index (χ2n) is 5.96. The Morgan fingerprint density at radius 3 is 2.65 bits per heavy atom. The van der Waals surface area contributed by atoms with E-state index in [0.29, 0.717) is 12.5 Å². The van der Waals surface area contributed by atoms with Crippen LogP contribution >= 0.6 is 0 Å². The van der Waals surface area contributed by atoms with Crippen molar-refractivity contribution in [2.24, 2.45) is 10.7 Å². The van der Waals surface area contributed by atoms with Crippen molar-refractivity contribution in [1.82, 2.24) is 9.78 Å². The number of para-hydroxylation sites is 1. The number of aryl methyl sites for hydroxylation is 1. The Morgan fingerprint density at radius 1 is 1.15 bits per heavy atom. The second-order valence-corrected chi connectivity index (χ2v) is 5.96. The van der Waals surface area contributed by atoms with E-state index in [4.69, 9.17) is 10.5 Å². The van der Waals surface area contributed by atoms with Crippen LogP contribution in [0.25, 0.3) is 5.69 Å². The fourth-order valence-corrected chi connectivity index (χ4v) is 2.78. The zero-order chi connectivity index (χ0) is 18.5. The van der Waals surface area contributed by atoms with Gasteiger partial charge >= 0.3 is 0 Å². The molecule has 6 nitrogen and oxygen atoms in total. The summed E-state index contributed by atoms with van der Waals surface area (Å²) in [7, 11) is 1.63. The normalized spacial score (nSPS) is 11.4. The standard InChI is InChI=1S/C20H23N5O/c1-14-19(15(2)25(24-14)17-9-5-4-6-10-17)13-22-20(21)23-16-8-7-11-18(12-16)26-3/h4-12H,13H2,1-3H3,(H3,21,22,23). The summed E-state index contributed by atoms with van der Waals surface area (Å²) in [6.07, 6.45) is 0. The highest BCUT2D eigenvalue weighted by Crippen LogP contribution is 2.19. The van der Waals surface area contributed by atoms with Crippen molar-refractivity contribution >= 4 is 11.6 Å². The van der Waals surface area contributed by atoms with Gasteiger partial charge in [-0.1, -0.05) is 24.3 Å². The number of nitrogens with two attached hydrogens (primary N) is 1. The smallest absolute Gasteiger partial charge is 0.193 e. The lowest BCUT2D eigenvalue weighted by molar-refractivity contribution is 0.415. The molecular weight excluding hydrogens is 326 g/mol. The molecule has 0 bridgehead atoms. The fourth-order valence-electron chi connectivity index (χ4n) is 2.78. The van der Waals surface area contributed by atoms with Crippen molar-refractivity contribution in [3.63, 3.8) is 0 Å². The summed E-state index contributed by atoms with van der Waals surface area (Å²) in [5, 5.41) is 7.72. The van der Waals surface area contributed by atoms with Gasteiger partial charge in [0, 0.05) is 23.0 Å². The third-order valence-corrected chi connectivity index (χ3v) is 4.19.